The van der Waals surface area contributed by atoms with Crippen LogP contribution in [-0.2, 0) is 14.2 Å². The van der Waals surface area contributed by atoms with Crippen LogP contribution in [0.5, 0.6) is 0 Å². The van der Waals surface area contributed by atoms with Gasteiger partial charge in [-0.15, -0.1) is 0 Å². The molecular formula is C15H26O6. The lowest BCUT2D eigenvalue weighted by Gasteiger charge is -2.44. The molecule has 3 heterocycles. The Balaban J connectivity index is 1.73. The standard InChI is InChI=1S/C15H26O6/c1-2-15(12(16)3-9-6-19-9,13(17)4-10-7-20-10)14(18)5-11-8-21-11/h9-14,16-18H,2-8H2,1H3. The first-order valence-corrected chi connectivity index (χ1v) is 7.95. The molecule has 3 saturated heterocycles. The van der Waals surface area contributed by atoms with Gasteiger partial charge in [0.1, 0.15) is 0 Å². The third-order valence-electron chi connectivity index (χ3n) is 5.14. The van der Waals surface area contributed by atoms with E-state index in [1.165, 1.54) is 0 Å². The smallest absolute Gasteiger partial charge is 0.0834 e. The third kappa shape index (κ3) is 3.57. The second-order valence-corrected chi connectivity index (χ2v) is 6.59. The Labute approximate surface area is 125 Å². The maximum Gasteiger partial charge on any atom is 0.0834 e. The van der Waals surface area contributed by atoms with E-state index in [1.807, 2.05) is 6.92 Å². The average molecular weight is 302 g/mol. The summed E-state index contributed by atoms with van der Waals surface area (Å²) in [4.78, 5) is 0. The molecule has 6 nitrogen and oxygen atoms in total. The molecule has 3 fully saturated rings. The highest BCUT2D eigenvalue weighted by Crippen LogP contribution is 2.43. The Hall–Kier alpha value is -0.240. The molecule has 0 radical (unpaired) electrons. The molecular weight excluding hydrogens is 276 g/mol. The molecule has 6 atom stereocenters. The van der Waals surface area contributed by atoms with Crippen LogP contribution in [0.3, 0.4) is 0 Å². The number of ether oxygens (including phenoxy) is 3. The van der Waals surface area contributed by atoms with Crippen molar-refractivity contribution in [1.82, 2.24) is 0 Å². The normalized spacial score (nSPS) is 37.4. The third-order valence-corrected chi connectivity index (χ3v) is 5.14. The molecule has 0 aromatic rings. The SMILES string of the molecule is CCC(C(O)CC1CO1)(C(O)CC1CO1)C(O)CC1CO1. The first-order chi connectivity index (χ1) is 10.1. The van der Waals surface area contributed by atoms with Crippen molar-refractivity contribution in [2.24, 2.45) is 5.41 Å². The highest BCUT2D eigenvalue weighted by Gasteiger charge is 2.52. The Bertz CT molecular complexity index is 300. The van der Waals surface area contributed by atoms with Crippen LogP contribution in [0.25, 0.3) is 0 Å². The van der Waals surface area contributed by atoms with E-state index in [9.17, 15) is 15.3 Å². The quantitative estimate of drug-likeness (QED) is 0.485. The van der Waals surface area contributed by atoms with Gasteiger partial charge in [-0.05, 0) is 6.42 Å². The van der Waals surface area contributed by atoms with E-state index in [0.717, 1.165) is 0 Å². The number of hydrogen-bond donors (Lipinski definition) is 3. The van der Waals surface area contributed by atoms with Crippen LogP contribution < -0.4 is 0 Å². The van der Waals surface area contributed by atoms with E-state index < -0.39 is 23.7 Å². The molecule has 122 valence electrons. The minimum absolute atomic E-state index is 0.0553. The fourth-order valence-electron chi connectivity index (χ4n) is 3.39. The van der Waals surface area contributed by atoms with Gasteiger partial charge < -0.3 is 29.5 Å². The first kappa shape index (κ1) is 15.6. The predicted octanol–water partition coefficient (Wildman–Crippen LogP) is -0.168. The van der Waals surface area contributed by atoms with Crippen LogP contribution in [0, 0.1) is 5.41 Å². The molecule has 0 aromatic carbocycles. The van der Waals surface area contributed by atoms with Crippen LogP contribution in [0.15, 0.2) is 0 Å². The number of aliphatic hydroxyl groups is 3. The van der Waals surface area contributed by atoms with Gasteiger partial charge in [0.05, 0.1) is 56.4 Å². The van der Waals surface area contributed by atoms with Gasteiger partial charge in [-0.25, -0.2) is 0 Å². The topological polar surface area (TPSA) is 98.3 Å². The van der Waals surface area contributed by atoms with Gasteiger partial charge in [0, 0.05) is 24.7 Å². The molecule has 0 aliphatic carbocycles. The Morgan fingerprint density at radius 2 is 1.10 bits per heavy atom. The van der Waals surface area contributed by atoms with Crippen LogP contribution in [-0.4, -0.2) is 71.8 Å². The molecule has 0 saturated carbocycles. The van der Waals surface area contributed by atoms with Crippen molar-refractivity contribution < 1.29 is 29.5 Å². The van der Waals surface area contributed by atoms with E-state index >= 15 is 0 Å². The van der Waals surface area contributed by atoms with Crippen LogP contribution in [0.2, 0.25) is 0 Å². The van der Waals surface area contributed by atoms with Crippen molar-refractivity contribution >= 4 is 0 Å². The van der Waals surface area contributed by atoms with Gasteiger partial charge in [-0.1, -0.05) is 6.92 Å². The van der Waals surface area contributed by atoms with E-state index in [0.29, 0.717) is 45.5 Å². The first-order valence-electron chi connectivity index (χ1n) is 7.95. The number of aliphatic hydroxyl groups excluding tert-OH is 3. The zero-order valence-corrected chi connectivity index (χ0v) is 12.5. The maximum absolute atomic E-state index is 10.7. The van der Waals surface area contributed by atoms with Crippen LogP contribution in [0.4, 0.5) is 0 Å². The van der Waals surface area contributed by atoms with E-state index in [2.05, 4.69) is 0 Å². The lowest BCUT2D eigenvalue weighted by molar-refractivity contribution is -0.151. The summed E-state index contributed by atoms with van der Waals surface area (Å²) in [5.74, 6) is 0. The van der Waals surface area contributed by atoms with Gasteiger partial charge in [-0.2, -0.15) is 0 Å². The van der Waals surface area contributed by atoms with E-state index in [1.54, 1.807) is 0 Å². The summed E-state index contributed by atoms with van der Waals surface area (Å²) in [6.45, 7) is 3.87. The summed E-state index contributed by atoms with van der Waals surface area (Å²) in [5.41, 5.74) is -0.941. The minimum atomic E-state index is -0.941. The van der Waals surface area contributed by atoms with Gasteiger partial charge in [0.25, 0.3) is 0 Å². The van der Waals surface area contributed by atoms with Crippen molar-refractivity contribution in [3.8, 4) is 0 Å². The molecule has 3 aliphatic rings. The van der Waals surface area contributed by atoms with Crippen LogP contribution >= 0.6 is 0 Å². The molecule has 3 N–H and O–H groups in total. The molecule has 0 spiro atoms. The fourth-order valence-corrected chi connectivity index (χ4v) is 3.39. The Morgan fingerprint density at radius 1 is 0.810 bits per heavy atom. The fraction of sp³-hybridized carbons (Fsp3) is 1.00. The number of hydrogen-bond acceptors (Lipinski definition) is 6. The predicted molar refractivity (Wildman–Crippen MR) is 73.8 cm³/mol. The number of rotatable bonds is 10. The van der Waals surface area contributed by atoms with Gasteiger partial charge in [-0.3, -0.25) is 0 Å². The molecule has 0 amide bonds. The molecule has 21 heavy (non-hydrogen) atoms. The summed E-state index contributed by atoms with van der Waals surface area (Å²) < 4.78 is 15.6. The van der Waals surface area contributed by atoms with E-state index in [-0.39, 0.29) is 18.3 Å². The summed E-state index contributed by atoms with van der Waals surface area (Å²) >= 11 is 0. The van der Waals surface area contributed by atoms with Crippen molar-refractivity contribution in [2.75, 3.05) is 19.8 Å². The second kappa shape index (κ2) is 6.10. The highest BCUT2D eigenvalue weighted by molar-refractivity contribution is 5.01. The molecule has 0 aromatic heterocycles. The average Bonchev–Trinajstić information content (AvgIpc) is 3.23. The summed E-state index contributed by atoms with van der Waals surface area (Å²) in [7, 11) is 0. The summed E-state index contributed by atoms with van der Waals surface area (Å²) in [6.07, 6.45) is -0.341. The zero-order chi connectivity index (χ0) is 15.0. The summed E-state index contributed by atoms with van der Waals surface area (Å²) in [5, 5.41) is 32.1. The lowest BCUT2D eigenvalue weighted by atomic mass is 9.66. The maximum atomic E-state index is 10.7. The molecule has 6 heteroatoms. The van der Waals surface area contributed by atoms with Crippen LogP contribution in [0.1, 0.15) is 32.6 Å². The van der Waals surface area contributed by atoms with Crippen molar-refractivity contribution in [2.45, 2.75) is 69.2 Å². The van der Waals surface area contributed by atoms with Crippen molar-refractivity contribution in [3.63, 3.8) is 0 Å². The largest absolute Gasteiger partial charge is 0.392 e. The lowest BCUT2D eigenvalue weighted by Crippen LogP contribution is -2.54. The van der Waals surface area contributed by atoms with Gasteiger partial charge >= 0.3 is 0 Å². The molecule has 6 unspecified atom stereocenters. The monoisotopic (exact) mass is 302 g/mol. The zero-order valence-electron chi connectivity index (χ0n) is 12.5. The molecule has 3 rings (SSSR count). The highest BCUT2D eigenvalue weighted by atomic mass is 16.6. The molecule has 0 bridgehead atoms. The summed E-state index contributed by atoms with van der Waals surface area (Å²) in [6, 6.07) is 0. The van der Waals surface area contributed by atoms with Crippen molar-refractivity contribution in [1.29, 1.82) is 0 Å². The van der Waals surface area contributed by atoms with E-state index in [4.69, 9.17) is 14.2 Å². The Kier molecular flexibility index (Phi) is 4.55. The number of epoxide rings is 3. The Morgan fingerprint density at radius 3 is 1.29 bits per heavy atom. The van der Waals surface area contributed by atoms with Gasteiger partial charge in [0.2, 0.25) is 0 Å². The van der Waals surface area contributed by atoms with Gasteiger partial charge in [0.15, 0.2) is 0 Å². The second-order valence-electron chi connectivity index (χ2n) is 6.59. The molecule has 3 aliphatic heterocycles. The van der Waals surface area contributed by atoms with Crippen molar-refractivity contribution in [3.05, 3.63) is 0 Å². The minimum Gasteiger partial charge on any atom is -0.392 e.